The number of hydrogen-bond donors (Lipinski definition) is 2. The molecule has 1 amide bonds. The van der Waals surface area contributed by atoms with Crippen LogP contribution < -0.4 is 5.32 Å². The highest BCUT2D eigenvalue weighted by Gasteiger charge is 2.49. The number of aliphatic hydroxyl groups is 1. The van der Waals surface area contributed by atoms with Crippen molar-refractivity contribution in [3.63, 3.8) is 0 Å². The molecule has 2 aromatic carbocycles. The molecule has 2 heterocycles. The van der Waals surface area contributed by atoms with E-state index >= 15 is 0 Å². The van der Waals surface area contributed by atoms with Gasteiger partial charge < -0.3 is 15.3 Å². The number of carbonyl (C=O) groups excluding carboxylic acids is 1. The molecule has 2 aromatic rings. The maximum atomic E-state index is 14.6. The van der Waals surface area contributed by atoms with Crippen molar-refractivity contribution in [3.05, 3.63) is 68.0 Å². The first kappa shape index (κ1) is 21.6. The zero-order chi connectivity index (χ0) is 21.5. The number of halogens is 4. The van der Waals surface area contributed by atoms with Gasteiger partial charge in [-0.2, -0.15) is 0 Å². The van der Waals surface area contributed by atoms with Crippen LogP contribution in [0.15, 0.2) is 30.3 Å². The molecule has 0 unspecified atom stereocenters. The van der Waals surface area contributed by atoms with Crippen LogP contribution in [0.3, 0.4) is 0 Å². The van der Waals surface area contributed by atoms with Gasteiger partial charge in [-0.15, -0.1) is 0 Å². The highest BCUT2D eigenvalue weighted by atomic mass is 127. The van der Waals surface area contributed by atoms with Crippen molar-refractivity contribution in [2.75, 3.05) is 19.6 Å². The van der Waals surface area contributed by atoms with Crippen LogP contribution in [0.1, 0.15) is 40.7 Å². The van der Waals surface area contributed by atoms with Crippen LogP contribution in [0.4, 0.5) is 13.2 Å². The summed E-state index contributed by atoms with van der Waals surface area (Å²) in [6.45, 7) is 1.08. The molecular weight excluding hydrogens is 508 g/mol. The minimum atomic E-state index is -1.15. The maximum absolute atomic E-state index is 14.6. The average Bonchev–Trinajstić information content (AvgIpc) is 2.71. The summed E-state index contributed by atoms with van der Waals surface area (Å²) in [4.78, 5) is 14.4. The van der Waals surface area contributed by atoms with E-state index in [4.69, 9.17) is 0 Å². The van der Waals surface area contributed by atoms with Crippen molar-refractivity contribution in [2.45, 2.75) is 37.3 Å². The van der Waals surface area contributed by atoms with Gasteiger partial charge in [-0.1, -0.05) is 12.5 Å². The fourth-order valence-electron chi connectivity index (χ4n) is 4.28. The Balaban J connectivity index is 1.57. The third-order valence-corrected chi connectivity index (χ3v) is 6.66. The molecule has 0 radical (unpaired) electrons. The van der Waals surface area contributed by atoms with E-state index in [9.17, 15) is 23.1 Å². The van der Waals surface area contributed by atoms with E-state index in [-0.39, 0.29) is 42.2 Å². The molecule has 0 saturated carbocycles. The third-order valence-electron chi connectivity index (χ3n) is 5.98. The predicted molar refractivity (Wildman–Crippen MR) is 115 cm³/mol. The van der Waals surface area contributed by atoms with Gasteiger partial charge in [0.2, 0.25) is 0 Å². The lowest BCUT2D eigenvalue weighted by Crippen LogP contribution is -2.72. The average molecular weight is 530 g/mol. The lowest BCUT2D eigenvalue weighted by Gasteiger charge is -2.51. The van der Waals surface area contributed by atoms with Crippen LogP contribution >= 0.6 is 22.6 Å². The van der Waals surface area contributed by atoms with Gasteiger partial charge in [0.25, 0.3) is 5.91 Å². The predicted octanol–water partition coefficient (Wildman–Crippen LogP) is 3.63. The zero-order valence-corrected chi connectivity index (χ0v) is 18.4. The summed E-state index contributed by atoms with van der Waals surface area (Å²) in [6.07, 6.45) is 2.67. The van der Waals surface area contributed by atoms with Gasteiger partial charge in [0.05, 0.1) is 13.1 Å². The molecule has 8 heteroatoms. The molecular formula is C22H22F3IN2O2. The molecule has 2 fully saturated rings. The van der Waals surface area contributed by atoms with Gasteiger partial charge in [0.15, 0.2) is 11.6 Å². The highest BCUT2D eigenvalue weighted by Crippen LogP contribution is 2.32. The molecule has 0 aliphatic carbocycles. The molecule has 160 valence electrons. The molecule has 0 bridgehead atoms. The van der Waals surface area contributed by atoms with Gasteiger partial charge in [0, 0.05) is 27.2 Å². The largest absolute Gasteiger partial charge is 0.385 e. The zero-order valence-electron chi connectivity index (χ0n) is 16.2. The summed E-state index contributed by atoms with van der Waals surface area (Å²) in [5.74, 6) is -3.26. The molecule has 2 aliphatic heterocycles. The molecule has 30 heavy (non-hydrogen) atoms. The molecule has 0 aromatic heterocycles. The van der Waals surface area contributed by atoms with Crippen LogP contribution in [0, 0.1) is 21.0 Å². The Morgan fingerprint density at radius 2 is 1.93 bits per heavy atom. The Hall–Kier alpha value is -1.65. The van der Waals surface area contributed by atoms with Crippen molar-refractivity contribution in [1.29, 1.82) is 0 Å². The lowest BCUT2D eigenvalue weighted by atomic mass is 9.81. The SMILES string of the molecule is O=C(c1ccc(F)c(F)c1Cc1ccc(I)cc1F)N1CC(O)([C@H]2CCCCN2)C1. The van der Waals surface area contributed by atoms with E-state index in [1.54, 1.807) is 6.07 Å². The summed E-state index contributed by atoms with van der Waals surface area (Å²) in [5, 5.41) is 14.1. The Labute approximate surface area is 186 Å². The van der Waals surface area contributed by atoms with Gasteiger partial charge in [-0.05, 0) is 71.8 Å². The number of nitrogens with zero attached hydrogens (tertiary/aromatic N) is 1. The van der Waals surface area contributed by atoms with Gasteiger partial charge in [-0.25, -0.2) is 13.2 Å². The minimum absolute atomic E-state index is 0.00879. The first-order chi connectivity index (χ1) is 14.3. The molecule has 2 aliphatic rings. The number of β-amino-alcohol motifs (C(OH)–C–C–N with tert-alkyl or cyclic N) is 1. The second-order valence-corrected chi connectivity index (χ2v) is 9.31. The van der Waals surface area contributed by atoms with Gasteiger partial charge >= 0.3 is 0 Å². The van der Waals surface area contributed by atoms with E-state index in [2.05, 4.69) is 5.32 Å². The molecule has 2 saturated heterocycles. The summed E-state index contributed by atoms with van der Waals surface area (Å²) in [5.41, 5.74) is -1.02. The number of piperidine rings is 1. The van der Waals surface area contributed by atoms with E-state index in [0.29, 0.717) is 3.57 Å². The minimum Gasteiger partial charge on any atom is -0.385 e. The number of benzene rings is 2. The van der Waals surface area contributed by atoms with E-state index in [1.165, 1.54) is 23.1 Å². The van der Waals surface area contributed by atoms with Crippen LogP contribution in [0.2, 0.25) is 0 Å². The standard InChI is InChI=1S/C22H22F3IN2O2/c23-17-7-6-15(16(20(17)25)9-13-4-5-14(26)10-18(13)24)21(29)28-11-22(30,12-28)19-3-1-2-8-27-19/h4-7,10,19,27,30H,1-3,8-9,11-12H2/t19-/m1/s1. The smallest absolute Gasteiger partial charge is 0.254 e. The normalized spacial score (nSPS) is 20.7. The van der Waals surface area contributed by atoms with Crippen LogP contribution in [0.5, 0.6) is 0 Å². The monoisotopic (exact) mass is 530 g/mol. The topological polar surface area (TPSA) is 52.6 Å². The van der Waals surface area contributed by atoms with Crippen molar-refractivity contribution in [1.82, 2.24) is 10.2 Å². The first-order valence-corrected chi connectivity index (χ1v) is 11.0. The number of hydrogen-bond acceptors (Lipinski definition) is 3. The Morgan fingerprint density at radius 3 is 2.60 bits per heavy atom. The van der Waals surface area contributed by atoms with E-state index in [1.807, 2.05) is 22.6 Å². The summed E-state index contributed by atoms with van der Waals surface area (Å²) in [6, 6.07) is 6.54. The number of rotatable bonds is 4. The van der Waals surface area contributed by atoms with Crippen LogP contribution in [-0.2, 0) is 6.42 Å². The fraction of sp³-hybridized carbons (Fsp3) is 0.409. The highest BCUT2D eigenvalue weighted by molar-refractivity contribution is 14.1. The van der Waals surface area contributed by atoms with Crippen LogP contribution in [0.25, 0.3) is 0 Å². The van der Waals surface area contributed by atoms with Crippen molar-refractivity contribution in [3.8, 4) is 0 Å². The van der Waals surface area contributed by atoms with Crippen LogP contribution in [-0.4, -0.2) is 47.2 Å². The fourth-order valence-corrected chi connectivity index (χ4v) is 4.73. The lowest BCUT2D eigenvalue weighted by molar-refractivity contribution is -0.108. The number of amides is 1. The summed E-state index contributed by atoms with van der Waals surface area (Å²) in [7, 11) is 0. The molecule has 2 N–H and O–H groups in total. The number of nitrogens with one attached hydrogen (secondary N) is 1. The Kier molecular flexibility index (Phi) is 6.09. The second-order valence-electron chi connectivity index (χ2n) is 8.07. The van der Waals surface area contributed by atoms with E-state index in [0.717, 1.165) is 31.9 Å². The summed E-state index contributed by atoms with van der Waals surface area (Å²) >= 11 is 1.96. The van der Waals surface area contributed by atoms with E-state index < -0.39 is 29.0 Å². The Morgan fingerprint density at radius 1 is 1.17 bits per heavy atom. The molecule has 0 spiro atoms. The summed E-state index contributed by atoms with van der Waals surface area (Å²) < 4.78 is 43.5. The molecule has 4 nitrogen and oxygen atoms in total. The number of likely N-dealkylation sites (tertiary alicyclic amines) is 1. The quantitative estimate of drug-likeness (QED) is 0.595. The van der Waals surface area contributed by atoms with Crippen molar-refractivity contribution < 1.29 is 23.1 Å². The molecule has 4 rings (SSSR count). The molecule has 1 atom stereocenters. The van der Waals surface area contributed by atoms with Gasteiger partial charge in [-0.3, -0.25) is 4.79 Å². The third kappa shape index (κ3) is 4.09. The first-order valence-electron chi connectivity index (χ1n) is 9.94. The van der Waals surface area contributed by atoms with Crippen molar-refractivity contribution in [2.24, 2.45) is 0 Å². The van der Waals surface area contributed by atoms with Gasteiger partial charge in [0.1, 0.15) is 11.4 Å². The maximum Gasteiger partial charge on any atom is 0.254 e. The number of carbonyl (C=O) groups is 1. The Bertz CT molecular complexity index is 973. The second kappa shape index (κ2) is 8.47. The van der Waals surface area contributed by atoms with Crippen molar-refractivity contribution >= 4 is 28.5 Å².